The van der Waals surface area contributed by atoms with Gasteiger partial charge >= 0.3 is 5.97 Å². The molecular weight excluding hydrogens is 240 g/mol. The van der Waals surface area contributed by atoms with Crippen molar-refractivity contribution >= 4 is 23.6 Å². The van der Waals surface area contributed by atoms with Gasteiger partial charge in [-0.05, 0) is 24.3 Å². The van der Waals surface area contributed by atoms with Gasteiger partial charge in [-0.2, -0.15) is 11.8 Å². The van der Waals surface area contributed by atoms with E-state index in [-0.39, 0.29) is 11.8 Å². The Kier molecular flexibility index (Phi) is 7.99. The van der Waals surface area contributed by atoms with Crippen LogP contribution in [0.1, 0.15) is 20.3 Å². The molecule has 0 heterocycles. The predicted molar refractivity (Wildman–Crippen MR) is 69.8 cm³/mol. The average molecular weight is 262 g/mol. The summed E-state index contributed by atoms with van der Waals surface area (Å²) in [5.74, 6) is 0.0480. The van der Waals surface area contributed by atoms with E-state index in [2.05, 4.69) is 10.1 Å². The third kappa shape index (κ3) is 5.93. The van der Waals surface area contributed by atoms with Crippen LogP contribution in [0.5, 0.6) is 0 Å². The highest BCUT2D eigenvalue weighted by molar-refractivity contribution is 7.98. The summed E-state index contributed by atoms with van der Waals surface area (Å²) in [5, 5.41) is 2.63. The zero-order valence-corrected chi connectivity index (χ0v) is 11.7. The van der Waals surface area contributed by atoms with Crippen molar-refractivity contribution in [2.75, 3.05) is 19.1 Å². The number of esters is 1. The lowest BCUT2D eigenvalue weighted by Crippen LogP contribution is -2.51. The van der Waals surface area contributed by atoms with Crippen LogP contribution in [0.2, 0.25) is 0 Å². The molecule has 3 N–H and O–H groups in total. The Balaban J connectivity index is 4.35. The second kappa shape index (κ2) is 8.36. The number of hydrogen-bond acceptors (Lipinski definition) is 5. The van der Waals surface area contributed by atoms with Gasteiger partial charge in [-0.3, -0.25) is 4.79 Å². The minimum atomic E-state index is -0.632. The Morgan fingerprint density at radius 1 is 1.41 bits per heavy atom. The highest BCUT2D eigenvalue weighted by Crippen LogP contribution is 2.05. The largest absolute Gasteiger partial charge is 0.467 e. The van der Waals surface area contributed by atoms with Gasteiger partial charge in [0.1, 0.15) is 6.04 Å². The molecule has 0 aromatic rings. The topological polar surface area (TPSA) is 81.4 Å². The molecular formula is C11H22N2O3S. The molecule has 0 saturated carbocycles. The highest BCUT2D eigenvalue weighted by atomic mass is 32.2. The third-order valence-electron chi connectivity index (χ3n) is 2.39. The van der Waals surface area contributed by atoms with Gasteiger partial charge in [-0.1, -0.05) is 13.8 Å². The van der Waals surface area contributed by atoms with Crippen LogP contribution in [-0.2, 0) is 14.3 Å². The molecule has 0 bridgehead atoms. The normalized spacial score (nSPS) is 14.2. The van der Waals surface area contributed by atoms with Crippen LogP contribution in [0.25, 0.3) is 0 Å². The third-order valence-corrected chi connectivity index (χ3v) is 3.03. The summed E-state index contributed by atoms with van der Waals surface area (Å²) in [6.45, 7) is 3.69. The fourth-order valence-electron chi connectivity index (χ4n) is 1.26. The molecule has 0 spiro atoms. The van der Waals surface area contributed by atoms with Crippen molar-refractivity contribution in [2.45, 2.75) is 32.4 Å². The summed E-state index contributed by atoms with van der Waals surface area (Å²) in [5.41, 5.74) is 5.72. The maximum Gasteiger partial charge on any atom is 0.328 e. The number of carbonyl (C=O) groups excluding carboxylic acids is 2. The van der Waals surface area contributed by atoms with Crippen LogP contribution in [0.4, 0.5) is 0 Å². The number of amides is 1. The second-order valence-electron chi connectivity index (χ2n) is 4.14. The van der Waals surface area contributed by atoms with Crippen LogP contribution in [0.3, 0.4) is 0 Å². The van der Waals surface area contributed by atoms with E-state index >= 15 is 0 Å². The van der Waals surface area contributed by atoms with E-state index in [9.17, 15) is 9.59 Å². The summed E-state index contributed by atoms with van der Waals surface area (Å²) in [4.78, 5) is 23.2. The smallest absolute Gasteiger partial charge is 0.328 e. The molecule has 100 valence electrons. The van der Waals surface area contributed by atoms with Crippen LogP contribution < -0.4 is 11.1 Å². The Labute approximate surface area is 107 Å². The molecule has 0 radical (unpaired) electrons. The van der Waals surface area contributed by atoms with Crippen LogP contribution in [0.15, 0.2) is 0 Å². The SMILES string of the molecule is COC(=O)C(NC(=O)[C@@H](N)CCSC)C(C)C. The zero-order valence-electron chi connectivity index (χ0n) is 10.9. The molecule has 0 aromatic heterocycles. The summed E-state index contributed by atoms with van der Waals surface area (Å²) in [6.07, 6.45) is 2.55. The molecule has 0 saturated heterocycles. The van der Waals surface area contributed by atoms with Gasteiger partial charge in [0.25, 0.3) is 0 Å². The van der Waals surface area contributed by atoms with E-state index in [0.29, 0.717) is 6.42 Å². The zero-order chi connectivity index (χ0) is 13.4. The summed E-state index contributed by atoms with van der Waals surface area (Å²) in [7, 11) is 1.30. The number of hydrogen-bond donors (Lipinski definition) is 2. The lowest BCUT2D eigenvalue weighted by Gasteiger charge is -2.21. The molecule has 0 aromatic carbocycles. The van der Waals surface area contributed by atoms with Crippen molar-refractivity contribution in [3.05, 3.63) is 0 Å². The summed E-state index contributed by atoms with van der Waals surface area (Å²) < 4.78 is 4.64. The van der Waals surface area contributed by atoms with Crippen LogP contribution >= 0.6 is 11.8 Å². The van der Waals surface area contributed by atoms with Gasteiger partial charge in [0.15, 0.2) is 0 Å². The van der Waals surface area contributed by atoms with Gasteiger partial charge in [0.2, 0.25) is 5.91 Å². The van der Waals surface area contributed by atoms with E-state index in [1.165, 1.54) is 7.11 Å². The van der Waals surface area contributed by atoms with Gasteiger partial charge in [0, 0.05) is 0 Å². The quantitative estimate of drug-likeness (QED) is 0.648. The van der Waals surface area contributed by atoms with Gasteiger partial charge < -0.3 is 15.8 Å². The van der Waals surface area contributed by atoms with E-state index in [1.807, 2.05) is 20.1 Å². The first-order valence-corrected chi connectivity index (χ1v) is 6.96. The molecule has 5 nitrogen and oxygen atoms in total. The van der Waals surface area contributed by atoms with E-state index in [1.54, 1.807) is 11.8 Å². The van der Waals surface area contributed by atoms with Crippen LogP contribution in [-0.4, -0.2) is 43.1 Å². The van der Waals surface area contributed by atoms with Crippen molar-refractivity contribution in [1.82, 2.24) is 5.32 Å². The van der Waals surface area contributed by atoms with Crippen LogP contribution in [0, 0.1) is 5.92 Å². The van der Waals surface area contributed by atoms with Crippen molar-refractivity contribution in [3.8, 4) is 0 Å². The number of nitrogens with two attached hydrogens (primary N) is 1. The average Bonchev–Trinajstić information content (AvgIpc) is 2.31. The molecule has 0 aliphatic carbocycles. The molecule has 0 aliphatic rings. The molecule has 17 heavy (non-hydrogen) atoms. The maximum absolute atomic E-state index is 11.7. The number of carbonyl (C=O) groups is 2. The van der Waals surface area contributed by atoms with Crippen molar-refractivity contribution in [1.29, 1.82) is 0 Å². The number of ether oxygens (including phenoxy) is 1. The monoisotopic (exact) mass is 262 g/mol. The summed E-state index contributed by atoms with van der Waals surface area (Å²) in [6, 6.07) is -1.21. The summed E-state index contributed by atoms with van der Waals surface area (Å²) >= 11 is 1.63. The van der Waals surface area contributed by atoms with E-state index in [4.69, 9.17) is 5.73 Å². The Morgan fingerprint density at radius 3 is 2.41 bits per heavy atom. The fourth-order valence-corrected chi connectivity index (χ4v) is 1.75. The molecule has 0 rings (SSSR count). The molecule has 0 aliphatic heterocycles. The van der Waals surface area contributed by atoms with E-state index < -0.39 is 18.1 Å². The van der Waals surface area contributed by atoms with Gasteiger partial charge in [-0.25, -0.2) is 4.79 Å². The number of nitrogens with one attached hydrogen (secondary N) is 1. The standard InChI is InChI=1S/C11H22N2O3S/c1-7(2)9(11(15)16-3)13-10(14)8(12)5-6-17-4/h7-9H,5-6,12H2,1-4H3,(H,13,14)/t8-,9?/m0/s1. The number of thioether (sulfide) groups is 1. The molecule has 1 unspecified atom stereocenters. The molecule has 6 heteroatoms. The number of rotatable bonds is 7. The highest BCUT2D eigenvalue weighted by Gasteiger charge is 2.26. The first-order valence-electron chi connectivity index (χ1n) is 5.56. The second-order valence-corrected chi connectivity index (χ2v) is 5.13. The maximum atomic E-state index is 11.7. The fraction of sp³-hybridized carbons (Fsp3) is 0.818. The first-order chi connectivity index (χ1) is 7.93. The Bertz CT molecular complexity index is 259. The van der Waals surface area contributed by atoms with Gasteiger partial charge in [-0.15, -0.1) is 0 Å². The minimum absolute atomic E-state index is 0.0286. The predicted octanol–water partition coefficient (Wildman–Crippen LogP) is 0.381. The molecule has 0 fully saturated rings. The Hall–Kier alpha value is -0.750. The lowest BCUT2D eigenvalue weighted by molar-refractivity contribution is -0.146. The van der Waals surface area contributed by atoms with Crippen molar-refractivity contribution in [3.63, 3.8) is 0 Å². The molecule has 2 atom stereocenters. The first kappa shape index (κ1) is 16.2. The minimum Gasteiger partial charge on any atom is -0.467 e. The van der Waals surface area contributed by atoms with Crippen molar-refractivity contribution < 1.29 is 14.3 Å². The van der Waals surface area contributed by atoms with Crippen molar-refractivity contribution in [2.24, 2.45) is 11.7 Å². The van der Waals surface area contributed by atoms with E-state index in [0.717, 1.165) is 5.75 Å². The van der Waals surface area contributed by atoms with Gasteiger partial charge in [0.05, 0.1) is 13.2 Å². The molecule has 1 amide bonds. The lowest BCUT2D eigenvalue weighted by atomic mass is 10.0. The number of methoxy groups -OCH3 is 1. The Morgan fingerprint density at radius 2 is 2.00 bits per heavy atom.